The topological polar surface area (TPSA) is 17.1 Å². The van der Waals surface area contributed by atoms with Crippen LogP contribution in [0.4, 0.5) is 13.2 Å². The lowest BCUT2D eigenvalue weighted by Crippen LogP contribution is -2.02. The molecule has 0 aliphatic carbocycles. The van der Waals surface area contributed by atoms with Gasteiger partial charge in [0.2, 0.25) is 0 Å². The van der Waals surface area contributed by atoms with E-state index in [1.165, 1.54) is 0 Å². The molecule has 5 heteroatoms. The number of Topliss-reactive ketones (excluding diaryl/α,β-unsaturated/α-hetero) is 1. The van der Waals surface area contributed by atoms with Crippen molar-refractivity contribution in [3.8, 4) is 0 Å². The molecule has 0 bridgehead atoms. The van der Waals surface area contributed by atoms with Crippen LogP contribution in [0.2, 0.25) is 0 Å². The van der Waals surface area contributed by atoms with E-state index in [-0.39, 0.29) is 17.9 Å². The highest BCUT2D eigenvalue weighted by Gasteiger charge is 2.13. The van der Waals surface area contributed by atoms with Crippen molar-refractivity contribution < 1.29 is 18.0 Å². The summed E-state index contributed by atoms with van der Waals surface area (Å²) in [6.07, 6.45) is -2.78. The van der Waals surface area contributed by atoms with Gasteiger partial charge in [-0.15, -0.1) is 11.6 Å². The Morgan fingerprint density at radius 3 is 2.53 bits per heavy atom. The van der Waals surface area contributed by atoms with E-state index in [9.17, 15) is 18.0 Å². The highest BCUT2D eigenvalue weighted by Crippen LogP contribution is 2.21. The number of halogens is 4. The molecule has 0 heterocycles. The molecule has 82 valence electrons. The van der Waals surface area contributed by atoms with Gasteiger partial charge in [-0.2, -0.15) is 0 Å². The second kappa shape index (κ2) is 5.16. The Bertz CT molecular complexity index is 366. The number of carbonyl (C=O) groups excluding carboxylic acids is 1. The van der Waals surface area contributed by atoms with Crippen LogP contribution >= 0.6 is 11.6 Å². The highest BCUT2D eigenvalue weighted by atomic mass is 35.5. The normalized spacial score (nSPS) is 10.7. The van der Waals surface area contributed by atoms with Crippen molar-refractivity contribution in [3.63, 3.8) is 0 Å². The van der Waals surface area contributed by atoms with Gasteiger partial charge in [-0.25, -0.2) is 13.2 Å². The van der Waals surface area contributed by atoms with Gasteiger partial charge < -0.3 is 0 Å². The number of hydrogen-bond donors (Lipinski definition) is 0. The van der Waals surface area contributed by atoms with E-state index in [0.29, 0.717) is 6.07 Å². The third kappa shape index (κ3) is 3.23. The van der Waals surface area contributed by atoms with Gasteiger partial charge in [-0.1, -0.05) is 0 Å². The van der Waals surface area contributed by atoms with Crippen molar-refractivity contribution in [2.45, 2.75) is 12.8 Å². The van der Waals surface area contributed by atoms with Gasteiger partial charge in [0.15, 0.2) is 5.78 Å². The zero-order valence-electron chi connectivity index (χ0n) is 7.64. The average molecular weight is 237 g/mol. The summed E-state index contributed by atoms with van der Waals surface area (Å²) in [6, 6.07) is 2.63. The summed E-state index contributed by atoms with van der Waals surface area (Å²) in [5, 5.41) is 0. The molecule has 1 nitrogen and oxygen atoms in total. The van der Waals surface area contributed by atoms with E-state index < -0.39 is 23.6 Å². The third-order valence-electron chi connectivity index (χ3n) is 1.82. The Labute approximate surface area is 89.9 Å². The molecular formula is C10H8ClF3O. The Hall–Kier alpha value is -1.03. The Kier molecular flexibility index (Phi) is 4.15. The van der Waals surface area contributed by atoms with Crippen LogP contribution in [0.1, 0.15) is 28.8 Å². The van der Waals surface area contributed by atoms with Crippen LogP contribution in [-0.4, -0.2) is 11.7 Å². The minimum absolute atomic E-state index is 0.00763. The quantitative estimate of drug-likeness (QED) is 0.577. The molecule has 1 rings (SSSR count). The highest BCUT2D eigenvalue weighted by molar-refractivity contribution is 6.19. The molecule has 15 heavy (non-hydrogen) atoms. The maximum absolute atomic E-state index is 12.9. The van der Waals surface area contributed by atoms with Gasteiger partial charge >= 0.3 is 0 Å². The number of alkyl halides is 3. The average Bonchev–Trinajstić information content (AvgIpc) is 2.17. The van der Waals surface area contributed by atoms with Crippen molar-refractivity contribution in [2.75, 3.05) is 5.88 Å². The van der Waals surface area contributed by atoms with E-state index in [1.807, 2.05) is 0 Å². The zero-order chi connectivity index (χ0) is 11.4. The minimum atomic E-state index is -2.79. The first-order valence-electron chi connectivity index (χ1n) is 4.22. The summed E-state index contributed by atoms with van der Waals surface area (Å²) in [6.45, 7) is 0. The second-order valence-corrected chi connectivity index (χ2v) is 3.31. The molecule has 0 aromatic heterocycles. The smallest absolute Gasteiger partial charge is 0.263 e. The van der Waals surface area contributed by atoms with Crippen LogP contribution in [0.5, 0.6) is 0 Å². The molecule has 0 N–H and O–H groups in total. The van der Waals surface area contributed by atoms with E-state index in [1.54, 1.807) is 0 Å². The van der Waals surface area contributed by atoms with Crippen molar-refractivity contribution in [1.82, 2.24) is 0 Å². The summed E-state index contributed by atoms with van der Waals surface area (Å²) in [5.41, 5.74) is -0.557. The Morgan fingerprint density at radius 1 is 1.33 bits per heavy atom. The molecule has 0 aliphatic heterocycles. The SMILES string of the molecule is O=C(CCCl)c1cc(F)cc(C(F)F)c1. The van der Waals surface area contributed by atoms with Crippen LogP contribution < -0.4 is 0 Å². The van der Waals surface area contributed by atoms with Crippen LogP contribution in [0, 0.1) is 5.82 Å². The first-order chi connectivity index (χ1) is 7.04. The molecule has 0 fully saturated rings. The van der Waals surface area contributed by atoms with Gasteiger partial charge in [-0.3, -0.25) is 4.79 Å². The summed E-state index contributed by atoms with van der Waals surface area (Å²) < 4.78 is 37.4. The molecule has 0 spiro atoms. The number of ketones is 1. The lowest BCUT2D eigenvalue weighted by atomic mass is 10.1. The van der Waals surface area contributed by atoms with Crippen LogP contribution in [0.3, 0.4) is 0 Å². The predicted molar refractivity (Wildman–Crippen MR) is 51.0 cm³/mol. The summed E-state index contributed by atoms with van der Waals surface area (Å²) in [5.74, 6) is -1.20. The van der Waals surface area contributed by atoms with Gasteiger partial charge in [0.25, 0.3) is 6.43 Å². The number of carbonyl (C=O) groups is 1. The number of rotatable bonds is 4. The van der Waals surface area contributed by atoms with Crippen molar-refractivity contribution >= 4 is 17.4 Å². The molecule has 0 aliphatic rings. The second-order valence-electron chi connectivity index (χ2n) is 2.94. The van der Waals surface area contributed by atoms with Crippen LogP contribution in [-0.2, 0) is 0 Å². The minimum Gasteiger partial charge on any atom is -0.294 e. The number of hydrogen-bond acceptors (Lipinski definition) is 1. The van der Waals surface area contributed by atoms with E-state index >= 15 is 0 Å². The van der Waals surface area contributed by atoms with Gasteiger partial charge in [0.05, 0.1) is 0 Å². The fourth-order valence-electron chi connectivity index (χ4n) is 1.13. The molecule has 0 radical (unpaired) electrons. The lowest BCUT2D eigenvalue weighted by molar-refractivity contribution is 0.0988. The van der Waals surface area contributed by atoms with Gasteiger partial charge in [0.1, 0.15) is 5.82 Å². The summed E-state index contributed by atoms with van der Waals surface area (Å²) in [7, 11) is 0. The predicted octanol–water partition coefficient (Wildman–Crippen LogP) is 3.57. The first kappa shape index (κ1) is 12.0. The maximum atomic E-state index is 12.9. The molecule has 1 aromatic carbocycles. The van der Waals surface area contributed by atoms with E-state index in [2.05, 4.69) is 0 Å². The van der Waals surface area contributed by atoms with Gasteiger partial charge in [-0.05, 0) is 18.2 Å². The molecule has 0 saturated heterocycles. The largest absolute Gasteiger partial charge is 0.294 e. The number of benzene rings is 1. The standard InChI is InChI=1S/C10H8ClF3O/c11-2-1-9(15)6-3-7(10(13)14)5-8(12)4-6/h3-5,10H,1-2H2. The van der Waals surface area contributed by atoms with Crippen molar-refractivity contribution in [1.29, 1.82) is 0 Å². The molecule has 0 unspecified atom stereocenters. The Morgan fingerprint density at radius 2 is 2.00 bits per heavy atom. The van der Waals surface area contributed by atoms with E-state index in [4.69, 9.17) is 11.6 Å². The fraction of sp³-hybridized carbons (Fsp3) is 0.300. The zero-order valence-corrected chi connectivity index (χ0v) is 8.40. The molecule has 0 amide bonds. The maximum Gasteiger partial charge on any atom is 0.263 e. The summed E-state index contributed by atoms with van der Waals surface area (Å²) >= 11 is 5.33. The van der Waals surface area contributed by atoms with Crippen molar-refractivity contribution in [3.05, 3.63) is 35.1 Å². The first-order valence-corrected chi connectivity index (χ1v) is 4.76. The Balaban J connectivity index is 3.03. The van der Waals surface area contributed by atoms with Gasteiger partial charge in [0, 0.05) is 23.4 Å². The monoisotopic (exact) mass is 236 g/mol. The molecular weight excluding hydrogens is 229 g/mol. The third-order valence-corrected chi connectivity index (χ3v) is 2.00. The van der Waals surface area contributed by atoms with Crippen LogP contribution in [0.25, 0.3) is 0 Å². The molecule has 0 atom stereocenters. The molecule has 1 aromatic rings. The molecule has 0 saturated carbocycles. The van der Waals surface area contributed by atoms with E-state index in [0.717, 1.165) is 12.1 Å². The van der Waals surface area contributed by atoms with Crippen molar-refractivity contribution in [2.24, 2.45) is 0 Å². The summed E-state index contributed by atoms with van der Waals surface area (Å²) in [4.78, 5) is 11.3. The van der Waals surface area contributed by atoms with Crippen LogP contribution in [0.15, 0.2) is 18.2 Å². The lowest BCUT2D eigenvalue weighted by Gasteiger charge is -2.03. The fourth-order valence-corrected chi connectivity index (χ4v) is 1.30.